The Bertz CT molecular complexity index is 1090. The largest absolute Gasteiger partial charge is 0.316 e. The molecule has 3 heterocycles. The molecule has 4 rings (SSSR count). The molecule has 0 fully saturated rings. The number of amides is 1. The van der Waals surface area contributed by atoms with Gasteiger partial charge in [0.25, 0.3) is 0 Å². The number of carbonyl (C=O) groups excluding carboxylic acids is 1. The number of aromatic nitrogens is 4. The molecule has 8 nitrogen and oxygen atoms in total. The Balaban J connectivity index is 1.53. The van der Waals surface area contributed by atoms with Gasteiger partial charge in [-0.05, 0) is 48.0 Å². The number of thioether (sulfide) groups is 1. The van der Waals surface area contributed by atoms with Crippen LogP contribution in [0, 0.1) is 11.3 Å². The smallest absolute Gasteiger partial charge is 0.238 e. The van der Waals surface area contributed by atoms with Crippen molar-refractivity contribution in [3.8, 4) is 11.8 Å². The van der Waals surface area contributed by atoms with E-state index in [0.29, 0.717) is 22.1 Å². The zero-order chi connectivity index (χ0) is 21.1. The van der Waals surface area contributed by atoms with Gasteiger partial charge in [0.15, 0.2) is 0 Å². The number of rotatable bonds is 6. The number of likely N-dealkylation sites (N-methyl/N-ethyl adjacent to an activating group) is 1. The van der Waals surface area contributed by atoms with Crippen LogP contribution in [0.2, 0.25) is 0 Å². The van der Waals surface area contributed by atoms with E-state index < -0.39 is 0 Å². The SMILES string of the molecule is CCC(Sc1nnnn1-c1ccccc1)C(=O)Nc1sc2c(c1C#N)CCN(C)C2. The van der Waals surface area contributed by atoms with Crippen molar-refractivity contribution >= 4 is 34.0 Å². The van der Waals surface area contributed by atoms with E-state index in [0.717, 1.165) is 35.6 Å². The molecule has 1 amide bonds. The molecular weight excluding hydrogens is 418 g/mol. The van der Waals surface area contributed by atoms with Crippen LogP contribution in [0.15, 0.2) is 35.5 Å². The normalized spacial score (nSPS) is 14.7. The fraction of sp³-hybridized carbons (Fsp3) is 0.350. The highest BCUT2D eigenvalue weighted by molar-refractivity contribution is 8.00. The van der Waals surface area contributed by atoms with Crippen LogP contribution in [0.3, 0.4) is 0 Å². The van der Waals surface area contributed by atoms with Crippen LogP contribution in [0.4, 0.5) is 5.00 Å². The molecular formula is C20H21N7OS2. The maximum atomic E-state index is 13.0. The number of nitrogens with one attached hydrogen (secondary N) is 1. The molecule has 0 aliphatic carbocycles. The number of para-hydroxylation sites is 1. The predicted octanol–water partition coefficient (Wildman–Crippen LogP) is 3.09. The number of nitriles is 1. The Labute approximate surface area is 182 Å². The van der Waals surface area contributed by atoms with Gasteiger partial charge in [0.05, 0.1) is 16.5 Å². The first-order chi connectivity index (χ1) is 14.6. The lowest BCUT2D eigenvalue weighted by atomic mass is 10.0. The molecule has 1 N–H and O–H groups in total. The standard InChI is InChI=1S/C20H21N7OS2/c1-3-16(30-20-23-24-25-27(20)13-7-5-4-6-8-13)18(28)22-19-15(11-21)14-9-10-26(2)12-17(14)29-19/h4-8,16H,3,9-10,12H2,1-2H3,(H,22,28). The van der Waals surface area contributed by atoms with Gasteiger partial charge in [0, 0.05) is 18.0 Å². The van der Waals surface area contributed by atoms with Crippen LogP contribution in [-0.4, -0.2) is 49.9 Å². The number of anilines is 1. The Hall–Kier alpha value is -2.74. The number of hydrogen-bond acceptors (Lipinski definition) is 8. The molecule has 1 aliphatic rings. The second kappa shape index (κ2) is 8.95. The summed E-state index contributed by atoms with van der Waals surface area (Å²) in [4.78, 5) is 16.4. The lowest BCUT2D eigenvalue weighted by Crippen LogP contribution is -2.25. The van der Waals surface area contributed by atoms with Gasteiger partial charge < -0.3 is 10.2 Å². The molecule has 1 aromatic carbocycles. The number of fused-ring (bicyclic) bond motifs is 1. The molecule has 10 heteroatoms. The minimum Gasteiger partial charge on any atom is -0.316 e. The summed E-state index contributed by atoms with van der Waals surface area (Å²) in [6, 6.07) is 11.9. The predicted molar refractivity (Wildman–Crippen MR) is 117 cm³/mol. The summed E-state index contributed by atoms with van der Waals surface area (Å²) in [7, 11) is 2.06. The summed E-state index contributed by atoms with van der Waals surface area (Å²) >= 11 is 2.82. The van der Waals surface area contributed by atoms with Gasteiger partial charge >= 0.3 is 0 Å². The van der Waals surface area contributed by atoms with Crippen molar-refractivity contribution in [1.82, 2.24) is 25.1 Å². The van der Waals surface area contributed by atoms with E-state index >= 15 is 0 Å². The highest BCUT2D eigenvalue weighted by Crippen LogP contribution is 2.37. The van der Waals surface area contributed by atoms with Crippen molar-refractivity contribution in [2.24, 2.45) is 0 Å². The van der Waals surface area contributed by atoms with Crippen LogP contribution < -0.4 is 5.32 Å². The zero-order valence-electron chi connectivity index (χ0n) is 16.7. The fourth-order valence-corrected chi connectivity index (χ4v) is 5.56. The van der Waals surface area contributed by atoms with Crippen LogP contribution >= 0.6 is 23.1 Å². The van der Waals surface area contributed by atoms with Gasteiger partial charge in [-0.1, -0.05) is 36.9 Å². The number of nitrogens with zero attached hydrogens (tertiary/aromatic N) is 6. The summed E-state index contributed by atoms with van der Waals surface area (Å²) in [6.45, 7) is 3.68. The Kier molecular flexibility index (Phi) is 6.13. The highest BCUT2D eigenvalue weighted by Gasteiger charge is 2.27. The number of tetrazole rings is 1. The first kappa shape index (κ1) is 20.5. The van der Waals surface area contributed by atoms with Crippen LogP contribution in [0.25, 0.3) is 5.69 Å². The minimum absolute atomic E-state index is 0.145. The summed E-state index contributed by atoms with van der Waals surface area (Å²) in [6.07, 6.45) is 1.44. The maximum Gasteiger partial charge on any atom is 0.238 e. The Morgan fingerprint density at radius 1 is 1.40 bits per heavy atom. The van der Waals surface area contributed by atoms with Crippen molar-refractivity contribution in [2.45, 2.75) is 36.7 Å². The van der Waals surface area contributed by atoms with Crippen molar-refractivity contribution < 1.29 is 4.79 Å². The van der Waals surface area contributed by atoms with Gasteiger partial charge in [0.2, 0.25) is 11.1 Å². The van der Waals surface area contributed by atoms with Crippen LogP contribution in [0.5, 0.6) is 0 Å². The average molecular weight is 440 g/mol. The lowest BCUT2D eigenvalue weighted by molar-refractivity contribution is -0.115. The quantitative estimate of drug-likeness (QED) is 0.589. The third kappa shape index (κ3) is 4.09. The van der Waals surface area contributed by atoms with Crippen molar-refractivity contribution in [2.75, 3.05) is 18.9 Å². The molecule has 0 spiro atoms. The Morgan fingerprint density at radius 3 is 2.93 bits per heavy atom. The summed E-state index contributed by atoms with van der Waals surface area (Å²) in [5, 5.41) is 25.4. The minimum atomic E-state index is -0.383. The average Bonchev–Trinajstić information content (AvgIpc) is 3.35. The maximum absolute atomic E-state index is 13.0. The summed E-state index contributed by atoms with van der Waals surface area (Å²) in [5.41, 5.74) is 2.51. The summed E-state index contributed by atoms with van der Waals surface area (Å²) < 4.78 is 1.63. The molecule has 3 aromatic rings. The molecule has 0 radical (unpaired) electrons. The first-order valence-corrected chi connectivity index (χ1v) is 11.3. The van der Waals surface area contributed by atoms with Gasteiger partial charge in [-0.25, -0.2) is 0 Å². The van der Waals surface area contributed by atoms with E-state index in [9.17, 15) is 10.1 Å². The van der Waals surface area contributed by atoms with Gasteiger partial charge in [0.1, 0.15) is 11.1 Å². The third-order valence-electron chi connectivity index (χ3n) is 4.95. The molecule has 1 aliphatic heterocycles. The highest BCUT2D eigenvalue weighted by atomic mass is 32.2. The number of hydrogen-bond donors (Lipinski definition) is 1. The second-order valence-corrected chi connectivity index (χ2v) is 9.30. The second-order valence-electron chi connectivity index (χ2n) is 7.02. The van der Waals surface area contributed by atoms with E-state index in [1.165, 1.54) is 23.1 Å². The molecule has 30 heavy (non-hydrogen) atoms. The molecule has 2 aromatic heterocycles. The van der Waals surface area contributed by atoms with E-state index in [2.05, 4.69) is 38.9 Å². The lowest BCUT2D eigenvalue weighted by Gasteiger charge is -2.21. The summed E-state index contributed by atoms with van der Waals surface area (Å²) in [5.74, 6) is -0.145. The van der Waals surface area contributed by atoms with E-state index in [-0.39, 0.29) is 11.2 Å². The molecule has 0 saturated heterocycles. The van der Waals surface area contributed by atoms with E-state index in [4.69, 9.17) is 0 Å². The number of carbonyl (C=O) groups is 1. The van der Waals surface area contributed by atoms with Crippen molar-refractivity contribution in [1.29, 1.82) is 5.26 Å². The van der Waals surface area contributed by atoms with Gasteiger partial charge in [-0.2, -0.15) is 9.94 Å². The third-order valence-corrected chi connectivity index (χ3v) is 7.38. The fourth-order valence-electron chi connectivity index (χ4n) is 3.36. The Morgan fingerprint density at radius 2 is 2.20 bits per heavy atom. The van der Waals surface area contributed by atoms with Gasteiger partial charge in [-0.3, -0.25) is 4.79 Å². The molecule has 154 valence electrons. The first-order valence-electron chi connectivity index (χ1n) is 9.65. The van der Waals surface area contributed by atoms with Crippen molar-refractivity contribution in [3.63, 3.8) is 0 Å². The van der Waals surface area contributed by atoms with Crippen molar-refractivity contribution in [3.05, 3.63) is 46.3 Å². The molecule has 1 unspecified atom stereocenters. The number of benzene rings is 1. The number of thiophene rings is 1. The van der Waals surface area contributed by atoms with Crippen LogP contribution in [-0.2, 0) is 17.8 Å². The van der Waals surface area contributed by atoms with E-state index in [1.807, 2.05) is 37.3 Å². The molecule has 0 bridgehead atoms. The molecule has 0 saturated carbocycles. The zero-order valence-corrected chi connectivity index (χ0v) is 18.3. The van der Waals surface area contributed by atoms with Crippen LogP contribution in [0.1, 0.15) is 29.3 Å². The molecule has 1 atom stereocenters. The topological polar surface area (TPSA) is 99.7 Å². The van der Waals surface area contributed by atoms with Gasteiger partial charge in [-0.15, -0.1) is 16.4 Å². The van der Waals surface area contributed by atoms with E-state index in [1.54, 1.807) is 4.68 Å². The monoisotopic (exact) mass is 439 g/mol.